The standard InChI is InChI=1S/C9H9N5O4S/c10-9-12-3-5(4-13-9)6-1-2-14(19(11,17)18)7(6)8(15)16/h1-4H,(H,15,16)(H2,10,12,13)(H2,11,17,18)/p-1. The molecule has 0 saturated carbocycles. The van der Waals surface area contributed by atoms with E-state index in [2.05, 4.69) is 9.97 Å². The van der Waals surface area contributed by atoms with Crippen molar-refractivity contribution in [1.29, 1.82) is 0 Å². The van der Waals surface area contributed by atoms with Gasteiger partial charge >= 0.3 is 10.2 Å². The van der Waals surface area contributed by atoms with E-state index in [4.69, 9.17) is 10.9 Å². The van der Waals surface area contributed by atoms with Crippen LogP contribution in [0.2, 0.25) is 0 Å². The summed E-state index contributed by atoms with van der Waals surface area (Å²) in [5.41, 5.74) is 5.04. The highest BCUT2D eigenvalue weighted by Crippen LogP contribution is 2.24. The Morgan fingerprint density at radius 3 is 2.37 bits per heavy atom. The molecule has 0 amide bonds. The monoisotopic (exact) mass is 282 g/mol. The number of aromatic nitrogens is 3. The Labute approximate surface area is 107 Å². The fourth-order valence-electron chi connectivity index (χ4n) is 1.54. The first-order valence-corrected chi connectivity index (χ1v) is 6.35. The molecule has 0 fully saturated rings. The maximum atomic E-state index is 11.3. The van der Waals surface area contributed by atoms with Crippen LogP contribution < -0.4 is 16.0 Å². The number of nitrogens with two attached hydrogens (primary N) is 2. The molecule has 0 spiro atoms. The molecule has 2 aromatic rings. The van der Waals surface area contributed by atoms with Gasteiger partial charge in [-0.15, -0.1) is 0 Å². The molecule has 0 radical (unpaired) electrons. The van der Waals surface area contributed by atoms with Crippen molar-refractivity contribution in [2.75, 3.05) is 5.73 Å². The Kier molecular flexibility index (Phi) is 2.96. The van der Waals surface area contributed by atoms with Crippen molar-refractivity contribution in [2.45, 2.75) is 0 Å². The minimum atomic E-state index is -4.24. The molecular weight excluding hydrogens is 274 g/mol. The Morgan fingerprint density at radius 1 is 1.32 bits per heavy atom. The van der Waals surface area contributed by atoms with Crippen LogP contribution in [0.5, 0.6) is 0 Å². The van der Waals surface area contributed by atoms with E-state index in [0.717, 1.165) is 6.20 Å². The number of carbonyl (C=O) groups excluding carboxylic acids is 1. The van der Waals surface area contributed by atoms with Gasteiger partial charge in [0.15, 0.2) is 0 Å². The number of anilines is 1. The molecule has 0 aromatic carbocycles. The van der Waals surface area contributed by atoms with Crippen LogP contribution in [-0.4, -0.2) is 28.3 Å². The Morgan fingerprint density at radius 2 is 1.89 bits per heavy atom. The van der Waals surface area contributed by atoms with Crippen LogP contribution in [0.1, 0.15) is 10.5 Å². The Balaban J connectivity index is 2.69. The SMILES string of the molecule is Nc1ncc(-c2ccn(S(N)(=O)=O)c2C(=O)[O-])cn1. The van der Waals surface area contributed by atoms with Gasteiger partial charge in [-0.05, 0) is 6.07 Å². The summed E-state index contributed by atoms with van der Waals surface area (Å²) in [7, 11) is -4.24. The summed E-state index contributed by atoms with van der Waals surface area (Å²) in [5.74, 6) is -1.68. The fraction of sp³-hybridized carbons (Fsp3) is 0. The molecule has 2 aromatic heterocycles. The maximum Gasteiger partial charge on any atom is 0.302 e. The largest absolute Gasteiger partial charge is 0.543 e. The summed E-state index contributed by atoms with van der Waals surface area (Å²) in [6, 6.07) is 1.25. The number of hydrogen-bond acceptors (Lipinski definition) is 7. The van der Waals surface area contributed by atoms with E-state index in [1.807, 2.05) is 0 Å². The first-order valence-electron chi connectivity index (χ1n) is 4.84. The molecule has 0 aliphatic rings. The lowest BCUT2D eigenvalue weighted by Gasteiger charge is -2.10. The molecule has 0 aliphatic carbocycles. The van der Waals surface area contributed by atoms with Gasteiger partial charge in [-0.2, -0.15) is 8.42 Å². The molecule has 10 heteroatoms. The minimum Gasteiger partial charge on any atom is -0.543 e. The predicted octanol–water partition coefficient (Wildman–Crippen LogP) is -2.06. The van der Waals surface area contributed by atoms with E-state index in [0.29, 0.717) is 3.97 Å². The summed E-state index contributed by atoms with van der Waals surface area (Å²) in [6.45, 7) is 0. The third-order valence-corrected chi connectivity index (χ3v) is 3.16. The van der Waals surface area contributed by atoms with Crippen LogP contribution >= 0.6 is 0 Å². The summed E-state index contributed by atoms with van der Waals surface area (Å²) in [6.07, 6.45) is 3.53. The highest BCUT2D eigenvalue weighted by atomic mass is 32.2. The number of nitrogens with zero attached hydrogens (tertiary/aromatic N) is 3. The second-order valence-electron chi connectivity index (χ2n) is 3.54. The maximum absolute atomic E-state index is 11.3. The number of nitrogen functional groups attached to an aromatic ring is 1. The predicted molar refractivity (Wildman–Crippen MR) is 62.7 cm³/mol. The molecule has 0 saturated heterocycles. The highest BCUT2D eigenvalue weighted by Gasteiger charge is 2.18. The van der Waals surface area contributed by atoms with E-state index in [1.54, 1.807) is 0 Å². The van der Waals surface area contributed by atoms with Crippen molar-refractivity contribution < 1.29 is 18.3 Å². The van der Waals surface area contributed by atoms with Crippen molar-refractivity contribution in [3.63, 3.8) is 0 Å². The lowest BCUT2D eigenvalue weighted by atomic mass is 10.1. The molecule has 0 aliphatic heterocycles. The second kappa shape index (κ2) is 4.33. The van der Waals surface area contributed by atoms with Crippen LogP contribution in [0, 0.1) is 0 Å². The Bertz CT molecular complexity index is 734. The van der Waals surface area contributed by atoms with E-state index in [-0.39, 0.29) is 17.1 Å². The number of carboxylic acids is 1. The highest BCUT2D eigenvalue weighted by molar-refractivity contribution is 7.87. The third-order valence-electron chi connectivity index (χ3n) is 2.30. The van der Waals surface area contributed by atoms with Gasteiger partial charge in [0, 0.05) is 29.7 Å². The van der Waals surface area contributed by atoms with Crippen molar-refractivity contribution in [3.05, 3.63) is 30.4 Å². The molecule has 2 rings (SSSR count). The normalized spacial score (nSPS) is 11.4. The summed E-state index contributed by atoms with van der Waals surface area (Å²) < 4.78 is 22.9. The zero-order valence-corrected chi connectivity index (χ0v) is 10.2. The van der Waals surface area contributed by atoms with Gasteiger partial charge < -0.3 is 15.6 Å². The van der Waals surface area contributed by atoms with Crippen molar-refractivity contribution in [2.24, 2.45) is 5.14 Å². The van der Waals surface area contributed by atoms with Gasteiger partial charge in [-0.1, -0.05) is 0 Å². The first kappa shape index (κ1) is 13.0. The lowest BCUT2D eigenvalue weighted by molar-refractivity contribution is -0.255. The van der Waals surface area contributed by atoms with E-state index in [1.165, 1.54) is 18.5 Å². The lowest BCUT2D eigenvalue weighted by Crippen LogP contribution is -2.31. The quantitative estimate of drug-likeness (QED) is 0.655. The average molecular weight is 282 g/mol. The first-order chi connectivity index (χ1) is 8.80. The van der Waals surface area contributed by atoms with Gasteiger partial charge in [0.2, 0.25) is 5.95 Å². The molecule has 19 heavy (non-hydrogen) atoms. The van der Waals surface area contributed by atoms with Gasteiger partial charge in [0.05, 0.1) is 11.7 Å². The van der Waals surface area contributed by atoms with Crippen LogP contribution in [0.4, 0.5) is 5.95 Å². The van der Waals surface area contributed by atoms with E-state index >= 15 is 0 Å². The third kappa shape index (κ3) is 2.39. The van der Waals surface area contributed by atoms with Crippen molar-refractivity contribution in [3.8, 4) is 11.1 Å². The summed E-state index contributed by atoms with van der Waals surface area (Å²) >= 11 is 0. The number of hydrogen-bond donors (Lipinski definition) is 2. The number of carboxylic acid groups (broad SMARTS) is 1. The van der Waals surface area contributed by atoms with Crippen molar-refractivity contribution >= 4 is 22.1 Å². The van der Waals surface area contributed by atoms with Crippen LogP contribution in [0.25, 0.3) is 11.1 Å². The van der Waals surface area contributed by atoms with Gasteiger partial charge in [-0.3, -0.25) is 0 Å². The molecule has 0 unspecified atom stereocenters. The van der Waals surface area contributed by atoms with Crippen LogP contribution in [0.15, 0.2) is 24.7 Å². The molecule has 0 bridgehead atoms. The molecule has 2 heterocycles. The van der Waals surface area contributed by atoms with Crippen LogP contribution in [0.3, 0.4) is 0 Å². The molecule has 0 atom stereocenters. The summed E-state index contributed by atoms with van der Waals surface area (Å²) in [5, 5.41) is 16.0. The second-order valence-corrected chi connectivity index (χ2v) is 4.96. The number of carbonyl (C=O) groups is 1. The zero-order valence-electron chi connectivity index (χ0n) is 9.35. The summed E-state index contributed by atoms with van der Waals surface area (Å²) in [4.78, 5) is 18.5. The molecule has 100 valence electrons. The Hall–Kier alpha value is -2.46. The van der Waals surface area contributed by atoms with E-state index in [9.17, 15) is 18.3 Å². The molecule has 9 nitrogen and oxygen atoms in total. The fourth-order valence-corrected chi connectivity index (χ4v) is 2.19. The van der Waals surface area contributed by atoms with Crippen molar-refractivity contribution in [1.82, 2.24) is 13.9 Å². The van der Waals surface area contributed by atoms with Gasteiger partial charge in [0.1, 0.15) is 0 Å². The molecule has 4 N–H and O–H groups in total. The van der Waals surface area contributed by atoms with E-state index < -0.39 is 21.9 Å². The average Bonchev–Trinajstić information content (AvgIpc) is 2.74. The number of rotatable bonds is 3. The molecular formula is C9H8N5O4S-. The van der Waals surface area contributed by atoms with Crippen LogP contribution in [-0.2, 0) is 10.2 Å². The zero-order chi connectivity index (χ0) is 14.2. The minimum absolute atomic E-state index is 0.00429. The number of aromatic carboxylic acids is 1. The smallest absolute Gasteiger partial charge is 0.302 e. The van der Waals surface area contributed by atoms with Gasteiger partial charge in [-0.25, -0.2) is 19.1 Å². The van der Waals surface area contributed by atoms with Gasteiger partial charge in [0.25, 0.3) is 0 Å². The topological polar surface area (TPSA) is 157 Å².